The molecule has 1 amide bonds. The SMILES string of the molecule is CC(C)S(=O)(=O)c1cccc(C(=O)NCC(=O)Cc2nc(-c3ccccc3C#N)cs2)c1. The molecule has 3 rings (SSSR count). The van der Waals surface area contributed by atoms with Gasteiger partial charge in [-0.25, -0.2) is 13.4 Å². The van der Waals surface area contributed by atoms with Crippen LogP contribution in [0, 0.1) is 11.3 Å². The van der Waals surface area contributed by atoms with Crippen LogP contribution >= 0.6 is 11.3 Å². The molecular weight excluding hydrogens is 446 g/mol. The molecule has 0 bridgehead atoms. The van der Waals surface area contributed by atoms with Gasteiger partial charge in [-0.15, -0.1) is 11.3 Å². The number of benzene rings is 2. The van der Waals surface area contributed by atoms with Gasteiger partial charge in [0.1, 0.15) is 5.01 Å². The number of aromatic nitrogens is 1. The number of nitriles is 1. The number of nitrogens with one attached hydrogen (secondary N) is 1. The molecule has 32 heavy (non-hydrogen) atoms. The molecule has 0 spiro atoms. The first-order chi connectivity index (χ1) is 15.2. The lowest BCUT2D eigenvalue weighted by Crippen LogP contribution is -2.30. The van der Waals surface area contributed by atoms with Gasteiger partial charge in [0.2, 0.25) is 0 Å². The molecular formula is C23H21N3O4S2. The fraction of sp³-hybridized carbons (Fsp3) is 0.217. The van der Waals surface area contributed by atoms with E-state index in [9.17, 15) is 23.3 Å². The molecule has 0 aliphatic rings. The van der Waals surface area contributed by atoms with Crippen molar-refractivity contribution >= 4 is 32.9 Å². The first-order valence-corrected chi connectivity index (χ1v) is 12.2. The largest absolute Gasteiger partial charge is 0.345 e. The monoisotopic (exact) mass is 467 g/mol. The molecule has 7 nitrogen and oxygen atoms in total. The van der Waals surface area contributed by atoms with Crippen molar-refractivity contribution in [3.63, 3.8) is 0 Å². The minimum absolute atomic E-state index is 0.0431. The van der Waals surface area contributed by atoms with Crippen molar-refractivity contribution < 1.29 is 18.0 Å². The fourth-order valence-electron chi connectivity index (χ4n) is 2.92. The molecule has 0 saturated heterocycles. The highest BCUT2D eigenvalue weighted by Gasteiger charge is 2.20. The zero-order chi connectivity index (χ0) is 23.3. The van der Waals surface area contributed by atoms with Gasteiger partial charge < -0.3 is 5.32 Å². The number of nitrogens with zero attached hydrogens (tertiary/aromatic N) is 2. The summed E-state index contributed by atoms with van der Waals surface area (Å²) in [6, 6.07) is 15.0. The molecule has 1 heterocycles. The van der Waals surface area contributed by atoms with Crippen LogP contribution in [0.2, 0.25) is 0 Å². The number of amides is 1. The van der Waals surface area contributed by atoms with E-state index in [0.717, 1.165) is 0 Å². The highest BCUT2D eigenvalue weighted by molar-refractivity contribution is 7.92. The Bertz CT molecular complexity index is 1300. The van der Waals surface area contributed by atoms with Gasteiger partial charge in [0.25, 0.3) is 5.91 Å². The Balaban J connectivity index is 1.62. The fourth-order valence-corrected chi connectivity index (χ4v) is 4.84. The Kier molecular flexibility index (Phi) is 7.18. The second-order valence-corrected chi connectivity index (χ2v) is 10.8. The van der Waals surface area contributed by atoms with E-state index in [1.54, 1.807) is 37.4 Å². The quantitative estimate of drug-likeness (QED) is 0.543. The summed E-state index contributed by atoms with van der Waals surface area (Å²) in [5.41, 5.74) is 2.01. The van der Waals surface area contributed by atoms with Gasteiger partial charge in [-0.2, -0.15) is 5.26 Å². The summed E-state index contributed by atoms with van der Waals surface area (Å²) in [4.78, 5) is 29.3. The Hall–Kier alpha value is -3.35. The number of carbonyl (C=O) groups excluding carboxylic acids is 2. The van der Waals surface area contributed by atoms with Crippen molar-refractivity contribution in [3.05, 3.63) is 70.0 Å². The molecule has 0 saturated carbocycles. The molecule has 2 aromatic carbocycles. The number of thiazole rings is 1. The van der Waals surface area contributed by atoms with E-state index in [2.05, 4.69) is 16.4 Å². The van der Waals surface area contributed by atoms with E-state index in [0.29, 0.717) is 21.8 Å². The second-order valence-electron chi connectivity index (χ2n) is 7.30. The van der Waals surface area contributed by atoms with E-state index in [-0.39, 0.29) is 29.2 Å². The number of hydrogen-bond donors (Lipinski definition) is 1. The van der Waals surface area contributed by atoms with Crippen molar-refractivity contribution in [3.8, 4) is 17.3 Å². The molecule has 0 atom stereocenters. The van der Waals surface area contributed by atoms with Gasteiger partial charge in [0.05, 0.1) is 40.4 Å². The number of hydrogen-bond acceptors (Lipinski definition) is 7. The third-order valence-electron chi connectivity index (χ3n) is 4.72. The molecule has 164 valence electrons. The summed E-state index contributed by atoms with van der Waals surface area (Å²) in [6.45, 7) is 2.94. The molecule has 1 aromatic heterocycles. The van der Waals surface area contributed by atoms with Gasteiger partial charge >= 0.3 is 0 Å². The summed E-state index contributed by atoms with van der Waals surface area (Å²) >= 11 is 1.31. The van der Waals surface area contributed by atoms with Crippen molar-refractivity contribution in [2.45, 2.75) is 30.4 Å². The number of rotatable bonds is 8. The summed E-state index contributed by atoms with van der Waals surface area (Å²) in [7, 11) is -3.50. The van der Waals surface area contributed by atoms with Gasteiger partial charge in [0.15, 0.2) is 15.6 Å². The average Bonchev–Trinajstić information content (AvgIpc) is 3.25. The van der Waals surface area contributed by atoms with Crippen LogP contribution in [-0.2, 0) is 21.1 Å². The number of sulfone groups is 1. The summed E-state index contributed by atoms with van der Waals surface area (Å²) in [5, 5.41) is 13.5. The van der Waals surface area contributed by atoms with Crippen LogP contribution < -0.4 is 5.32 Å². The lowest BCUT2D eigenvalue weighted by molar-refractivity contribution is -0.117. The van der Waals surface area contributed by atoms with Gasteiger partial charge in [-0.05, 0) is 38.1 Å². The minimum atomic E-state index is -3.50. The highest BCUT2D eigenvalue weighted by atomic mass is 32.2. The third-order valence-corrected chi connectivity index (χ3v) is 7.72. The lowest BCUT2D eigenvalue weighted by atomic mass is 10.1. The molecule has 0 fully saturated rings. The molecule has 0 aliphatic carbocycles. The second kappa shape index (κ2) is 9.85. The van der Waals surface area contributed by atoms with Crippen molar-refractivity contribution in [1.82, 2.24) is 10.3 Å². The van der Waals surface area contributed by atoms with Crippen molar-refractivity contribution in [2.75, 3.05) is 6.54 Å². The predicted octanol–water partition coefficient (Wildman–Crippen LogP) is 3.41. The molecule has 3 aromatic rings. The first kappa shape index (κ1) is 23.3. The standard InChI is InChI=1S/C23H21N3O4S2/c1-15(2)32(29,30)19-8-5-7-16(10-19)23(28)25-13-18(27)11-22-26-21(14-31-22)20-9-4-3-6-17(20)12-24/h3-10,14-15H,11,13H2,1-2H3,(H,25,28). The molecule has 9 heteroatoms. The van der Waals surface area contributed by atoms with E-state index >= 15 is 0 Å². The van der Waals surface area contributed by atoms with Crippen LogP contribution in [0.1, 0.15) is 34.8 Å². The van der Waals surface area contributed by atoms with E-state index in [4.69, 9.17) is 0 Å². The zero-order valence-corrected chi connectivity index (χ0v) is 19.2. The first-order valence-electron chi connectivity index (χ1n) is 9.80. The van der Waals surface area contributed by atoms with Gasteiger partial charge in [-0.1, -0.05) is 24.3 Å². The number of ketones is 1. The Morgan fingerprint density at radius 2 is 1.91 bits per heavy atom. The topological polar surface area (TPSA) is 117 Å². The molecule has 1 N–H and O–H groups in total. The van der Waals surface area contributed by atoms with Crippen LogP contribution in [-0.4, -0.2) is 36.9 Å². The lowest BCUT2D eigenvalue weighted by Gasteiger charge is -2.09. The maximum Gasteiger partial charge on any atom is 0.251 e. The molecule has 0 unspecified atom stereocenters. The van der Waals surface area contributed by atoms with Crippen LogP contribution in [0.3, 0.4) is 0 Å². The van der Waals surface area contributed by atoms with Gasteiger partial charge in [-0.3, -0.25) is 9.59 Å². The van der Waals surface area contributed by atoms with Crippen LogP contribution in [0.5, 0.6) is 0 Å². The normalized spacial score (nSPS) is 11.2. The van der Waals surface area contributed by atoms with Gasteiger partial charge in [0, 0.05) is 16.5 Å². The number of Topliss-reactive ketones (excluding diaryl/α,β-unsaturated/α-hetero) is 1. The summed E-state index contributed by atoms with van der Waals surface area (Å²) in [5.74, 6) is -0.763. The Morgan fingerprint density at radius 1 is 1.16 bits per heavy atom. The predicted molar refractivity (Wildman–Crippen MR) is 122 cm³/mol. The van der Waals surface area contributed by atoms with Crippen LogP contribution in [0.15, 0.2) is 58.8 Å². The Labute approximate surface area is 190 Å². The van der Waals surface area contributed by atoms with E-state index in [1.165, 1.54) is 35.6 Å². The maximum absolute atomic E-state index is 12.4. The summed E-state index contributed by atoms with van der Waals surface area (Å²) in [6.07, 6.45) is 0.0431. The Morgan fingerprint density at radius 3 is 2.62 bits per heavy atom. The average molecular weight is 468 g/mol. The summed E-state index contributed by atoms with van der Waals surface area (Å²) < 4.78 is 24.6. The van der Waals surface area contributed by atoms with Crippen molar-refractivity contribution in [1.29, 1.82) is 5.26 Å². The zero-order valence-electron chi connectivity index (χ0n) is 17.5. The van der Waals surface area contributed by atoms with E-state index in [1.807, 2.05) is 6.07 Å². The molecule has 0 radical (unpaired) electrons. The van der Waals surface area contributed by atoms with E-state index < -0.39 is 21.0 Å². The number of carbonyl (C=O) groups is 2. The maximum atomic E-state index is 12.4. The third kappa shape index (κ3) is 5.28. The van der Waals surface area contributed by atoms with Crippen LogP contribution in [0.25, 0.3) is 11.3 Å². The molecule has 0 aliphatic heterocycles. The van der Waals surface area contributed by atoms with Crippen LogP contribution in [0.4, 0.5) is 0 Å². The smallest absolute Gasteiger partial charge is 0.251 e. The minimum Gasteiger partial charge on any atom is -0.345 e. The highest BCUT2D eigenvalue weighted by Crippen LogP contribution is 2.25. The van der Waals surface area contributed by atoms with Crippen molar-refractivity contribution in [2.24, 2.45) is 0 Å².